The van der Waals surface area contributed by atoms with Crippen LogP contribution in [-0.4, -0.2) is 63.6 Å². The first-order valence-electron chi connectivity index (χ1n) is 10.0. The van der Waals surface area contributed by atoms with Crippen molar-refractivity contribution in [3.63, 3.8) is 0 Å². The van der Waals surface area contributed by atoms with E-state index in [-0.39, 0.29) is 35.3 Å². The molecule has 0 unspecified atom stereocenters. The fourth-order valence-corrected chi connectivity index (χ4v) is 6.40. The smallest absolute Gasteiger partial charge is 0.243 e. The van der Waals surface area contributed by atoms with E-state index >= 15 is 0 Å². The average Bonchev–Trinajstić information content (AvgIpc) is 2.78. The highest BCUT2D eigenvalue weighted by Gasteiger charge is 2.43. The number of rotatable bonds is 7. The van der Waals surface area contributed by atoms with Crippen LogP contribution in [0.5, 0.6) is 0 Å². The molecular weight excluding hydrogens is 438 g/mol. The van der Waals surface area contributed by atoms with Gasteiger partial charge in [-0.3, -0.25) is 4.79 Å². The Labute approximate surface area is 184 Å². The molecule has 0 saturated carbocycles. The zero-order chi connectivity index (χ0) is 22.6. The molecule has 0 aromatic heterocycles. The van der Waals surface area contributed by atoms with Crippen LogP contribution in [-0.2, 0) is 24.8 Å². The molecular formula is C21H27N3O5S2. The summed E-state index contributed by atoms with van der Waals surface area (Å²) in [7, 11) is -7.84. The molecule has 1 saturated heterocycles. The monoisotopic (exact) mass is 465 g/mol. The summed E-state index contributed by atoms with van der Waals surface area (Å²) in [6.07, 6.45) is 0. The van der Waals surface area contributed by atoms with E-state index in [1.165, 1.54) is 28.6 Å². The molecule has 8 nitrogen and oxygen atoms in total. The Bertz CT molecular complexity index is 1100. The fourth-order valence-electron chi connectivity index (χ4n) is 3.35. The van der Waals surface area contributed by atoms with Gasteiger partial charge < -0.3 is 5.32 Å². The Morgan fingerprint density at radius 1 is 0.903 bits per heavy atom. The average molecular weight is 466 g/mol. The lowest BCUT2D eigenvalue weighted by Gasteiger charge is -2.39. The van der Waals surface area contributed by atoms with Crippen molar-refractivity contribution in [1.82, 2.24) is 13.9 Å². The zero-order valence-electron chi connectivity index (χ0n) is 17.5. The summed E-state index contributed by atoms with van der Waals surface area (Å²) in [6, 6.07) is 14.6. The first kappa shape index (κ1) is 23.4. The molecule has 0 radical (unpaired) electrons. The van der Waals surface area contributed by atoms with Crippen LogP contribution in [0, 0.1) is 5.92 Å². The van der Waals surface area contributed by atoms with Crippen LogP contribution in [0.2, 0.25) is 0 Å². The molecule has 0 spiro atoms. The van der Waals surface area contributed by atoms with Crippen LogP contribution in [0.3, 0.4) is 0 Å². The highest BCUT2D eigenvalue weighted by molar-refractivity contribution is 7.89. The van der Waals surface area contributed by atoms with Gasteiger partial charge in [0, 0.05) is 26.2 Å². The molecule has 1 amide bonds. The van der Waals surface area contributed by atoms with E-state index in [2.05, 4.69) is 5.32 Å². The van der Waals surface area contributed by atoms with E-state index in [1.54, 1.807) is 36.4 Å². The van der Waals surface area contributed by atoms with E-state index in [0.29, 0.717) is 6.54 Å². The lowest BCUT2D eigenvalue weighted by atomic mass is 10.2. The second-order valence-corrected chi connectivity index (χ2v) is 11.6. The molecule has 1 N–H and O–H groups in total. The van der Waals surface area contributed by atoms with Gasteiger partial charge in [-0.25, -0.2) is 16.8 Å². The maximum absolute atomic E-state index is 13.2. The Hall–Kier alpha value is -2.27. The Balaban J connectivity index is 1.94. The van der Waals surface area contributed by atoms with Gasteiger partial charge in [-0.2, -0.15) is 8.61 Å². The van der Waals surface area contributed by atoms with E-state index < -0.39 is 32.0 Å². The SMILES string of the molecule is CC(C)CNC(=O)[C@H]1CN(S(=O)(=O)c2ccccc2)CCN1S(=O)(=O)c1ccccc1. The third-order valence-corrected chi connectivity index (χ3v) is 8.81. The summed E-state index contributed by atoms with van der Waals surface area (Å²) in [5.74, 6) is -0.350. The maximum Gasteiger partial charge on any atom is 0.243 e. The quantitative estimate of drug-likeness (QED) is 0.668. The molecule has 1 atom stereocenters. The highest BCUT2D eigenvalue weighted by Crippen LogP contribution is 2.25. The van der Waals surface area contributed by atoms with E-state index in [4.69, 9.17) is 0 Å². The lowest BCUT2D eigenvalue weighted by Crippen LogP contribution is -2.61. The van der Waals surface area contributed by atoms with Crippen LogP contribution in [0.15, 0.2) is 70.5 Å². The normalized spacial score (nSPS) is 18.7. The molecule has 2 aromatic rings. The maximum atomic E-state index is 13.2. The van der Waals surface area contributed by atoms with Crippen LogP contribution >= 0.6 is 0 Å². The number of nitrogens with one attached hydrogen (secondary N) is 1. The number of hydrogen-bond acceptors (Lipinski definition) is 5. The second kappa shape index (κ2) is 9.47. The van der Waals surface area contributed by atoms with Gasteiger partial charge in [0.1, 0.15) is 6.04 Å². The number of hydrogen-bond donors (Lipinski definition) is 1. The number of amides is 1. The fraction of sp³-hybridized carbons (Fsp3) is 0.381. The first-order chi connectivity index (χ1) is 14.6. The van der Waals surface area contributed by atoms with Gasteiger partial charge in [0.05, 0.1) is 9.79 Å². The number of benzene rings is 2. The van der Waals surface area contributed by atoms with Crippen molar-refractivity contribution in [1.29, 1.82) is 0 Å². The number of carbonyl (C=O) groups excluding carboxylic acids is 1. The minimum Gasteiger partial charge on any atom is -0.354 e. The summed E-state index contributed by atoms with van der Waals surface area (Å²) in [6.45, 7) is 3.78. The summed E-state index contributed by atoms with van der Waals surface area (Å²) in [5.41, 5.74) is 0. The molecule has 1 fully saturated rings. The Morgan fingerprint density at radius 3 is 1.94 bits per heavy atom. The van der Waals surface area contributed by atoms with Gasteiger partial charge in [-0.05, 0) is 30.2 Å². The summed E-state index contributed by atoms with van der Waals surface area (Å²) in [5, 5.41) is 2.75. The molecule has 10 heteroatoms. The van der Waals surface area contributed by atoms with Crippen LogP contribution in [0.4, 0.5) is 0 Å². The molecule has 31 heavy (non-hydrogen) atoms. The minimum absolute atomic E-state index is 0.0444. The second-order valence-electron chi connectivity index (χ2n) is 7.76. The zero-order valence-corrected chi connectivity index (χ0v) is 19.1. The third kappa shape index (κ3) is 5.15. The molecule has 2 aromatic carbocycles. The van der Waals surface area contributed by atoms with Crippen LogP contribution < -0.4 is 5.32 Å². The van der Waals surface area contributed by atoms with E-state index in [9.17, 15) is 21.6 Å². The van der Waals surface area contributed by atoms with Gasteiger partial charge >= 0.3 is 0 Å². The topological polar surface area (TPSA) is 104 Å². The van der Waals surface area contributed by atoms with Gasteiger partial charge in [0.2, 0.25) is 26.0 Å². The summed E-state index contributed by atoms with van der Waals surface area (Å²) >= 11 is 0. The van der Waals surface area contributed by atoms with Crippen LogP contribution in [0.1, 0.15) is 13.8 Å². The molecule has 1 heterocycles. The van der Waals surface area contributed by atoms with Gasteiger partial charge in [-0.1, -0.05) is 50.2 Å². The molecule has 0 aliphatic carbocycles. The van der Waals surface area contributed by atoms with Crippen molar-refractivity contribution in [2.24, 2.45) is 5.92 Å². The van der Waals surface area contributed by atoms with Crippen molar-refractivity contribution in [3.8, 4) is 0 Å². The molecule has 0 bridgehead atoms. The summed E-state index contributed by atoms with van der Waals surface area (Å²) in [4.78, 5) is 13.1. The Kier molecular flexibility index (Phi) is 7.15. The van der Waals surface area contributed by atoms with Crippen LogP contribution in [0.25, 0.3) is 0 Å². The summed E-state index contributed by atoms with van der Waals surface area (Å²) < 4.78 is 54.9. The highest BCUT2D eigenvalue weighted by atomic mass is 32.2. The number of piperazine rings is 1. The van der Waals surface area contributed by atoms with Crippen molar-refractivity contribution < 1.29 is 21.6 Å². The Morgan fingerprint density at radius 2 is 1.42 bits per heavy atom. The third-order valence-electron chi connectivity index (χ3n) is 5.01. The van der Waals surface area contributed by atoms with Gasteiger partial charge in [0.25, 0.3) is 0 Å². The number of nitrogens with zero attached hydrogens (tertiary/aromatic N) is 2. The van der Waals surface area contributed by atoms with E-state index in [1.807, 2.05) is 13.8 Å². The van der Waals surface area contributed by atoms with Crippen molar-refractivity contribution in [3.05, 3.63) is 60.7 Å². The molecule has 3 rings (SSSR count). The van der Waals surface area contributed by atoms with Crippen molar-refractivity contribution in [2.45, 2.75) is 29.7 Å². The standard InChI is InChI=1S/C21H27N3O5S2/c1-17(2)15-22-21(25)20-16-23(30(26,27)18-9-5-3-6-10-18)13-14-24(20)31(28,29)19-11-7-4-8-12-19/h3-12,17,20H,13-16H2,1-2H3,(H,22,25)/t20-/m1/s1. The lowest BCUT2D eigenvalue weighted by molar-refractivity contribution is -0.126. The molecule has 1 aliphatic rings. The van der Waals surface area contributed by atoms with Crippen molar-refractivity contribution in [2.75, 3.05) is 26.2 Å². The van der Waals surface area contributed by atoms with Crippen molar-refractivity contribution >= 4 is 26.0 Å². The number of sulfonamides is 2. The molecule has 1 aliphatic heterocycles. The predicted molar refractivity (Wildman–Crippen MR) is 117 cm³/mol. The minimum atomic E-state index is -3.98. The van der Waals surface area contributed by atoms with Gasteiger partial charge in [0.15, 0.2) is 0 Å². The van der Waals surface area contributed by atoms with E-state index in [0.717, 1.165) is 4.31 Å². The predicted octanol–water partition coefficient (Wildman–Crippen LogP) is 1.52. The largest absolute Gasteiger partial charge is 0.354 e. The number of carbonyl (C=O) groups is 1. The first-order valence-corrected chi connectivity index (χ1v) is 12.9. The molecule has 168 valence electrons. The van der Waals surface area contributed by atoms with Gasteiger partial charge in [-0.15, -0.1) is 0 Å².